The molecule has 0 radical (unpaired) electrons. The minimum atomic E-state index is -0.477. The van der Waals surface area contributed by atoms with Crippen LogP contribution < -0.4 is 5.32 Å². The molecule has 1 aliphatic rings. The molecule has 1 aromatic carbocycles. The molecule has 2 aromatic rings. The number of amides is 2. The zero-order valence-electron chi connectivity index (χ0n) is 17.2. The highest BCUT2D eigenvalue weighted by Gasteiger charge is 2.33. The van der Waals surface area contributed by atoms with Gasteiger partial charge in [0, 0.05) is 17.9 Å². The maximum atomic E-state index is 12.8. The topological polar surface area (TPSA) is 54.3 Å². The monoisotopic (exact) mass is 407 g/mol. The van der Waals surface area contributed by atoms with Crippen molar-refractivity contribution in [1.29, 1.82) is 0 Å². The third-order valence-electron chi connectivity index (χ3n) is 5.19. The summed E-state index contributed by atoms with van der Waals surface area (Å²) in [6.45, 7) is 12.2. The fraction of sp³-hybridized carbons (Fsp3) is 0.261. The first-order chi connectivity index (χ1) is 13.8. The molecule has 5 nitrogen and oxygen atoms in total. The van der Waals surface area contributed by atoms with Crippen LogP contribution in [0.3, 0.4) is 0 Å². The molecule has 0 bridgehead atoms. The number of benzene rings is 1. The summed E-state index contributed by atoms with van der Waals surface area (Å²) in [5.74, 6) is -0.885. The molecule has 0 aliphatic carbocycles. The van der Waals surface area contributed by atoms with Gasteiger partial charge in [0.25, 0.3) is 11.8 Å². The summed E-state index contributed by atoms with van der Waals surface area (Å²) in [7, 11) is 0. The molecule has 6 heteroatoms. The van der Waals surface area contributed by atoms with E-state index in [4.69, 9.17) is 12.2 Å². The van der Waals surface area contributed by atoms with Crippen LogP contribution in [0.5, 0.6) is 0 Å². The predicted octanol–water partition coefficient (Wildman–Crippen LogP) is 3.78. The second kappa shape index (κ2) is 8.17. The van der Waals surface area contributed by atoms with Gasteiger partial charge in [-0.05, 0) is 68.2 Å². The second-order valence-corrected chi connectivity index (χ2v) is 7.51. The molecular weight excluding hydrogens is 382 g/mol. The van der Waals surface area contributed by atoms with Crippen LogP contribution in [-0.2, 0) is 16.0 Å². The standard InChI is InChI=1S/C23H25N3O2S/c1-6-11-25-22(28)19(21(27)24-23(25)29)13-18-12-15(4)26(16(18)5)20-14(3)9-8-10-17(20)7-2/h6,8-10,12-13H,1,7,11H2,2-5H3,(H,24,27,29). The highest BCUT2D eigenvalue weighted by molar-refractivity contribution is 7.80. The Morgan fingerprint density at radius 1 is 1.21 bits per heavy atom. The van der Waals surface area contributed by atoms with Crippen molar-refractivity contribution in [2.24, 2.45) is 0 Å². The van der Waals surface area contributed by atoms with Crippen LogP contribution in [0.1, 0.15) is 35.0 Å². The Kier molecular flexibility index (Phi) is 5.84. The van der Waals surface area contributed by atoms with Gasteiger partial charge in [0.1, 0.15) is 5.57 Å². The SMILES string of the molecule is C=CCN1C(=O)C(=Cc2cc(C)n(-c3c(C)cccc3CC)c2C)C(=O)NC1=S. The van der Waals surface area contributed by atoms with E-state index in [1.807, 2.05) is 19.9 Å². The Morgan fingerprint density at radius 3 is 2.59 bits per heavy atom. The van der Waals surface area contributed by atoms with Crippen molar-refractivity contribution in [3.63, 3.8) is 0 Å². The first-order valence-electron chi connectivity index (χ1n) is 9.57. The molecule has 2 heterocycles. The van der Waals surface area contributed by atoms with Gasteiger partial charge in [-0.15, -0.1) is 6.58 Å². The number of aryl methyl sites for hydroxylation is 3. The highest BCUT2D eigenvalue weighted by atomic mass is 32.1. The smallest absolute Gasteiger partial charge is 0.265 e. The third-order valence-corrected chi connectivity index (χ3v) is 5.52. The lowest BCUT2D eigenvalue weighted by atomic mass is 10.0. The number of carbonyl (C=O) groups excluding carboxylic acids is 2. The predicted molar refractivity (Wildman–Crippen MR) is 120 cm³/mol. The molecule has 1 N–H and O–H groups in total. The average Bonchev–Trinajstić information content (AvgIpc) is 2.95. The summed E-state index contributed by atoms with van der Waals surface area (Å²) in [6.07, 6.45) is 4.15. The van der Waals surface area contributed by atoms with Gasteiger partial charge in [0.2, 0.25) is 0 Å². The van der Waals surface area contributed by atoms with Crippen LogP contribution in [0, 0.1) is 20.8 Å². The summed E-state index contributed by atoms with van der Waals surface area (Å²) >= 11 is 5.11. The maximum absolute atomic E-state index is 12.8. The van der Waals surface area contributed by atoms with E-state index in [0.717, 1.165) is 29.1 Å². The molecular formula is C23H25N3O2S. The van der Waals surface area contributed by atoms with Crippen molar-refractivity contribution in [2.45, 2.75) is 34.1 Å². The molecule has 2 amide bonds. The molecule has 0 atom stereocenters. The summed E-state index contributed by atoms with van der Waals surface area (Å²) < 4.78 is 2.19. The number of thiocarbonyl (C=S) groups is 1. The van der Waals surface area contributed by atoms with Gasteiger partial charge in [0.05, 0.1) is 5.69 Å². The first-order valence-corrected chi connectivity index (χ1v) is 9.98. The minimum absolute atomic E-state index is 0.0706. The molecule has 29 heavy (non-hydrogen) atoms. The van der Waals surface area contributed by atoms with E-state index < -0.39 is 11.8 Å². The highest BCUT2D eigenvalue weighted by Crippen LogP contribution is 2.28. The molecule has 1 aromatic heterocycles. The number of hydrogen-bond donors (Lipinski definition) is 1. The fourth-order valence-electron chi connectivity index (χ4n) is 3.75. The zero-order valence-corrected chi connectivity index (χ0v) is 18.0. The van der Waals surface area contributed by atoms with Gasteiger partial charge in [-0.3, -0.25) is 19.8 Å². The largest absolute Gasteiger partial charge is 0.317 e. The van der Waals surface area contributed by atoms with Gasteiger partial charge in [0.15, 0.2) is 5.11 Å². The van der Waals surface area contributed by atoms with E-state index in [1.54, 1.807) is 12.2 Å². The van der Waals surface area contributed by atoms with Crippen molar-refractivity contribution >= 4 is 35.2 Å². The Bertz CT molecular complexity index is 1060. The van der Waals surface area contributed by atoms with E-state index in [1.165, 1.54) is 16.0 Å². The Labute approximate surface area is 176 Å². The number of rotatable bonds is 5. The molecule has 0 unspecified atom stereocenters. The first kappa shape index (κ1) is 20.7. The van der Waals surface area contributed by atoms with Gasteiger partial charge >= 0.3 is 0 Å². The number of aromatic nitrogens is 1. The van der Waals surface area contributed by atoms with Gasteiger partial charge in [-0.1, -0.05) is 31.2 Å². The Balaban J connectivity index is 2.12. The maximum Gasteiger partial charge on any atom is 0.265 e. The van der Waals surface area contributed by atoms with Crippen molar-refractivity contribution in [2.75, 3.05) is 6.54 Å². The van der Waals surface area contributed by atoms with E-state index in [-0.39, 0.29) is 17.2 Å². The number of carbonyl (C=O) groups is 2. The lowest BCUT2D eigenvalue weighted by Crippen LogP contribution is -2.53. The molecule has 1 aliphatic heterocycles. The summed E-state index contributed by atoms with van der Waals surface area (Å²) in [4.78, 5) is 26.6. The van der Waals surface area contributed by atoms with Gasteiger partial charge in [-0.2, -0.15) is 0 Å². The van der Waals surface area contributed by atoms with E-state index in [9.17, 15) is 9.59 Å². The molecule has 0 spiro atoms. The second-order valence-electron chi connectivity index (χ2n) is 7.12. The Hall–Kier alpha value is -2.99. The van der Waals surface area contributed by atoms with Gasteiger partial charge in [-0.25, -0.2) is 0 Å². The lowest BCUT2D eigenvalue weighted by Gasteiger charge is -2.27. The number of para-hydroxylation sites is 1. The van der Waals surface area contributed by atoms with Crippen LogP contribution in [0.4, 0.5) is 0 Å². The number of nitrogens with zero attached hydrogens (tertiary/aromatic N) is 2. The zero-order chi connectivity index (χ0) is 21.3. The summed E-state index contributed by atoms with van der Waals surface area (Å²) in [5.41, 5.74) is 6.50. The van der Waals surface area contributed by atoms with Gasteiger partial charge < -0.3 is 4.57 Å². The van der Waals surface area contributed by atoms with E-state index >= 15 is 0 Å². The van der Waals surface area contributed by atoms with Crippen molar-refractivity contribution in [3.8, 4) is 5.69 Å². The van der Waals surface area contributed by atoms with Crippen LogP contribution in [-0.4, -0.2) is 32.9 Å². The van der Waals surface area contributed by atoms with Crippen molar-refractivity contribution < 1.29 is 9.59 Å². The number of nitrogens with one attached hydrogen (secondary N) is 1. The fourth-order valence-corrected chi connectivity index (χ4v) is 4.00. The van der Waals surface area contributed by atoms with Crippen LogP contribution in [0.15, 0.2) is 42.5 Å². The molecule has 3 rings (SSSR count). The quantitative estimate of drug-likeness (QED) is 0.355. The average molecular weight is 408 g/mol. The van der Waals surface area contributed by atoms with E-state index in [0.29, 0.717) is 0 Å². The lowest BCUT2D eigenvalue weighted by molar-refractivity contribution is -0.128. The summed E-state index contributed by atoms with van der Waals surface area (Å²) in [6, 6.07) is 8.29. The van der Waals surface area contributed by atoms with Crippen LogP contribution in [0.2, 0.25) is 0 Å². The van der Waals surface area contributed by atoms with Crippen LogP contribution in [0.25, 0.3) is 11.8 Å². The number of hydrogen-bond acceptors (Lipinski definition) is 3. The summed E-state index contributed by atoms with van der Waals surface area (Å²) in [5, 5.41) is 2.70. The third kappa shape index (κ3) is 3.68. The normalized spacial score (nSPS) is 15.8. The van der Waals surface area contributed by atoms with Crippen molar-refractivity contribution in [3.05, 3.63) is 70.6 Å². The molecule has 0 saturated carbocycles. The molecule has 150 valence electrons. The Morgan fingerprint density at radius 2 is 1.93 bits per heavy atom. The van der Waals surface area contributed by atoms with Crippen LogP contribution >= 0.6 is 12.2 Å². The minimum Gasteiger partial charge on any atom is -0.317 e. The van der Waals surface area contributed by atoms with Crippen molar-refractivity contribution in [1.82, 2.24) is 14.8 Å². The molecule has 1 saturated heterocycles. The van der Waals surface area contributed by atoms with E-state index in [2.05, 4.69) is 48.5 Å². The molecule has 1 fully saturated rings.